The van der Waals surface area contributed by atoms with Crippen LogP contribution in [0.4, 0.5) is 17.6 Å². The predicted molar refractivity (Wildman–Crippen MR) is 43.9 cm³/mol. The molecule has 80 valence electrons. The third kappa shape index (κ3) is 1.67. The number of alkyl halides is 4. The highest BCUT2D eigenvalue weighted by molar-refractivity contribution is 5.76. The standard InChI is InChI=1S/C9H5F4NO/c10-7(11)4-2-1-3-5-6(4)14-9(15-5)8(12)13/h1-3,7-8H. The summed E-state index contributed by atoms with van der Waals surface area (Å²) in [7, 11) is 0. The first kappa shape index (κ1) is 9.95. The molecule has 15 heavy (non-hydrogen) atoms. The number of aromatic nitrogens is 1. The Hall–Kier alpha value is -1.59. The van der Waals surface area contributed by atoms with Crippen molar-refractivity contribution in [2.24, 2.45) is 0 Å². The highest BCUT2D eigenvalue weighted by atomic mass is 19.3. The van der Waals surface area contributed by atoms with Crippen molar-refractivity contribution in [3.05, 3.63) is 29.7 Å². The van der Waals surface area contributed by atoms with Crippen molar-refractivity contribution in [1.29, 1.82) is 0 Å². The zero-order valence-corrected chi connectivity index (χ0v) is 7.25. The van der Waals surface area contributed by atoms with Crippen molar-refractivity contribution in [3.63, 3.8) is 0 Å². The largest absolute Gasteiger partial charge is 0.435 e. The highest BCUT2D eigenvalue weighted by Crippen LogP contribution is 2.30. The monoisotopic (exact) mass is 219 g/mol. The first-order valence-electron chi connectivity index (χ1n) is 4.05. The van der Waals surface area contributed by atoms with Gasteiger partial charge in [0, 0.05) is 5.56 Å². The van der Waals surface area contributed by atoms with Crippen LogP contribution in [0.3, 0.4) is 0 Å². The molecule has 0 fully saturated rings. The Kier molecular flexibility index (Phi) is 2.34. The van der Waals surface area contributed by atoms with Gasteiger partial charge in [-0.2, -0.15) is 8.78 Å². The van der Waals surface area contributed by atoms with Crippen LogP contribution in [-0.2, 0) is 0 Å². The van der Waals surface area contributed by atoms with Gasteiger partial charge in [-0.3, -0.25) is 0 Å². The lowest BCUT2D eigenvalue weighted by atomic mass is 10.2. The average Bonchev–Trinajstić information content (AvgIpc) is 2.60. The molecule has 0 atom stereocenters. The van der Waals surface area contributed by atoms with Crippen LogP contribution in [0.2, 0.25) is 0 Å². The third-order valence-electron chi connectivity index (χ3n) is 1.89. The van der Waals surface area contributed by atoms with Gasteiger partial charge in [-0.15, -0.1) is 0 Å². The van der Waals surface area contributed by atoms with Gasteiger partial charge >= 0.3 is 6.43 Å². The number of rotatable bonds is 2. The fraction of sp³-hybridized carbons (Fsp3) is 0.222. The topological polar surface area (TPSA) is 26.0 Å². The van der Waals surface area contributed by atoms with Gasteiger partial charge in [0.05, 0.1) is 0 Å². The number of benzene rings is 1. The van der Waals surface area contributed by atoms with Crippen LogP contribution in [0.15, 0.2) is 22.6 Å². The molecule has 1 aromatic heterocycles. The summed E-state index contributed by atoms with van der Waals surface area (Å²) in [5.74, 6) is -0.835. The summed E-state index contributed by atoms with van der Waals surface area (Å²) in [4.78, 5) is 3.34. The van der Waals surface area contributed by atoms with Crippen LogP contribution in [-0.4, -0.2) is 4.98 Å². The van der Waals surface area contributed by atoms with E-state index in [4.69, 9.17) is 0 Å². The lowest BCUT2D eigenvalue weighted by Crippen LogP contribution is -1.87. The summed E-state index contributed by atoms with van der Waals surface area (Å²) in [6, 6.07) is 3.76. The molecule has 2 rings (SSSR count). The molecule has 1 aromatic carbocycles. The second-order valence-corrected chi connectivity index (χ2v) is 2.85. The maximum absolute atomic E-state index is 12.4. The summed E-state index contributed by atoms with van der Waals surface area (Å²) >= 11 is 0. The van der Waals surface area contributed by atoms with Crippen LogP contribution < -0.4 is 0 Å². The second kappa shape index (κ2) is 3.52. The van der Waals surface area contributed by atoms with Crippen LogP contribution in [0, 0.1) is 0 Å². The summed E-state index contributed by atoms with van der Waals surface area (Å²) in [6.45, 7) is 0. The van der Waals surface area contributed by atoms with E-state index in [1.165, 1.54) is 12.1 Å². The molecule has 2 aromatic rings. The zero-order chi connectivity index (χ0) is 11.0. The normalized spacial score (nSPS) is 11.9. The molecule has 0 aliphatic rings. The minimum atomic E-state index is -2.90. The molecule has 1 heterocycles. The van der Waals surface area contributed by atoms with E-state index in [9.17, 15) is 17.6 Å². The molecule has 0 aliphatic heterocycles. The Labute approximate surface area is 81.5 Å². The molecule has 0 amide bonds. The van der Waals surface area contributed by atoms with E-state index in [1.807, 2.05) is 0 Å². The van der Waals surface area contributed by atoms with E-state index < -0.39 is 24.3 Å². The van der Waals surface area contributed by atoms with E-state index in [-0.39, 0.29) is 11.1 Å². The van der Waals surface area contributed by atoms with E-state index in [2.05, 4.69) is 9.40 Å². The molecule has 0 unspecified atom stereocenters. The summed E-state index contributed by atoms with van der Waals surface area (Å²) < 4.78 is 53.9. The van der Waals surface area contributed by atoms with Gasteiger partial charge in [-0.25, -0.2) is 13.8 Å². The van der Waals surface area contributed by atoms with Crippen molar-refractivity contribution in [2.75, 3.05) is 0 Å². The van der Waals surface area contributed by atoms with Gasteiger partial charge in [-0.1, -0.05) is 12.1 Å². The van der Waals surface area contributed by atoms with Crippen molar-refractivity contribution in [3.8, 4) is 0 Å². The van der Waals surface area contributed by atoms with Gasteiger partial charge < -0.3 is 4.42 Å². The van der Waals surface area contributed by atoms with Gasteiger partial charge in [0.1, 0.15) is 5.52 Å². The molecule has 0 radical (unpaired) electrons. The molecule has 2 nitrogen and oxygen atoms in total. The van der Waals surface area contributed by atoms with Crippen molar-refractivity contribution < 1.29 is 22.0 Å². The highest BCUT2D eigenvalue weighted by Gasteiger charge is 2.20. The minimum absolute atomic E-state index is 0.0527. The number of oxazole rings is 1. The Morgan fingerprint density at radius 1 is 1.07 bits per heavy atom. The molecule has 0 bridgehead atoms. The first-order valence-corrected chi connectivity index (χ1v) is 4.05. The van der Waals surface area contributed by atoms with Crippen LogP contribution in [0.25, 0.3) is 11.1 Å². The molecule has 0 aliphatic carbocycles. The maximum Gasteiger partial charge on any atom is 0.313 e. The number of hydrogen-bond donors (Lipinski definition) is 0. The fourth-order valence-corrected chi connectivity index (χ4v) is 1.26. The van der Waals surface area contributed by atoms with Crippen molar-refractivity contribution in [2.45, 2.75) is 12.9 Å². The van der Waals surface area contributed by atoms with E-state index >= 15 is 0 Å². The van der Waals surface area contributed by atoms with E-state index in [0.717, 1.165) is 6.07 Å². The van der Waals surface area contributed by atoms with Gasteiger partial charge in [0.25, 0.3) is 12.3 Å². The predicted octanol–water partition coefficient (Wildman–Crippen LogP) is 3.70. The SMILES string of the molecule is FC(F)c1nc2c(C(F)F)cccc2o1. The van der Waals surface area contributed by atoms with Crippen LogP contribution >= 0.6 is 0 Å². The second-order valence-electron chi connectivity index (χ2n) is 2.85. The molecule has 0 saturated heterocycles. The first-order chi connectivity index (χ1) is 7.09. The maximum atomic E-state index is 12.4. The molecule has 0 N–H and O–H groups in total. The summed E-state index contributed by atoms with van der Waals surface area (Å²) in [5, 5.41) is 0. The fourth-order valence-electron chi connectivity index (χ4n) is 1.26. The minimum Gasteiger partial charge on any atom is -0.435 e. The summed E-state index contributed by atoms with van der Waals surface area (Å²) in [5.41, 5.74) is -0.658. The van der Waals surface area contributed by atoms with Crippen LogP contribution in [0.5, 0.6) is 0 Å². The Balaban J connectivity index is 2.64. The van der Waals surface area contributed by atoms with E-state index in [0.29, 0.717) is 0 Å². The average molecular weight is 219 g/mol. The van der Waals surface area contributed by atoms with Gasteiger partial charge in [-0.05, 0) is 6.07 Å². The third-order valence-corrected chi connectivity index (χ3v) is 1.89. The molecular weight excluding hydrogens is 214 g/mol. The molecule has 0 saturated carbocycles. The van der Waals surface area contributed by atoms with Gasteiger partial charge in [0.15, 0.2) is 5.58 Å². The van der Waals surface area contributed by atoms with Crippen molar-refractivity contribution in [1.82, 2.24) is 4.98 Å². The lowest BCUT2D eigenvalue weighted by Gasteiger charge is -1.97. The molecule has 6 heteroatoms. The lowest BCUT2D eigenvalue weighted by molar-refractivity contribution is 0.117. The molecule has 0 spiro atoms. The van der Waals surface area contributed by atoms with E-state index in [1.54, 1.807) is 0 Å². The molecular formula is C9H5F4NO. The number of nitrogens with zero attached hydrogens (tertiary/aromatic N) is 1. The quantitative estimate of drug-likeness (QED) is 0.719. The van der Waals surface area contributed by atoms with Gasteiger partial charge in [0.2, 0.25) is 0 Å². The Morgan fingerprint density at radius 3 is 2.40 bits per heavy atom. The summed E-state index contributed by atoms with van der Waals surface area (Å²) in [6.07, 6.45) is -5.66. The number of hydrogen-bond acceptors (Lipinski definition) is 2. The number of halogens is 4. The zero-order valence-electron chi connectivity index (χ0n) is 7.25. The van der Waals surface area contributed by atoms with Crippen LogP contribution in [0.1, 0.15) is 24.3 Å². The number of para-hydroxylation sites is 1. The Morgan fingerprint density at radius 2 is 1.80 bits per heavy atom. The Bertz CT molecular complexity index is 480. The number of fused-ring (bicyclic) bond motifs is 1. The van der Waals surface area contributed by atoms with Crippen molar-refractivity contribution >= 4 is 11.1 Å². The smallest absolute Gasteiger partial charge is 0.313 e.